The number of ketones is 1. The van der Waals surface area contributed by atoms with Crippen LogP contribution in [0.1, 0.15) is 43.7 Å². The van der Waals surface area contributed by atoms with Gasteiger partial charge in [0.25, 0.3) is 5.91 Å². The number of carbonyl (C=O) groups excluding carboxylic acids is 3. The molecule has 0 bridgehead atoms. The summed E-state index contributed by atoms with van der Waals surface area (Å²) in [6.45, 7) is 5.87. The molecule has 1 fully saturated rings. The number of hydrogen-bond acceptors (Lipinski definition) is 9. The molecule has 10 heteroatoms. The molecule has 208 valence electrons. The van der Waals surface area contributed by atoms with Crippen LogP contribution in [0.4, 0.5) is 0 Å². The molecule has 0 aliphatic carbocycles. The van der Waals surface area contributed by atoms with Crippen molar-refractivity contribution in [2.45, 2.75) is 19.4 Å². The number of benzene rings is 2. The number of morpholine rings is 1. The van der Waals surface area contributed by atoms with Gasteiger partial charge in [-0.1, -0.05) is 42.5 Å². The maximum atomic E-state index is 14.0. The summed E-state index contributed by atoms with van der Waals surface area (Å²) < 4.78 is 10.2. The highest BCUT2D eigenvalue weighted by Crippen LogP contribution is 2.41. The molecule has 0 saturated carbocycles. The first-order valence-electron chi connectivity index (χ1n) is 13.2. The standard InChI is InChI=1S/C30H31N3O6S/c1-19-27(40-28(31-19)21-7-4-3-5-8-21)25(34)23-24(20-9-11-22(12-10-20)30(37)38-2)33(29(36)26(23)35)14-6-13-32-15-17-39-18-16-32/h3-5,7-12,24,35H,6,13-18H2,1-2H3. The number of thiazole rings is 1. The molecular formula is C30H31N3O6S. The summed E-state index contributed by atoms with van der Waals surface area (Å²) in [6.07, 6.45) is 0.662. The summed E-state index contributed by atoms with van der Waals surface area (Å²) in [4.78, 5) is 48.2. The maximum Gasteiger partial charge on any atom is 0.337 e. The molecule has 2 aromatic carbocycles. The van der Waals surface area contributed by atoms with Crippen molar-refractivity contribution in [2.75, 3.05) is 46.5 Å². The minimum Gasteiger partial charge on any atom is -0.503 e. The molecule has 5 rings (SSSR count). The van der Waals surface area contributed by atoms with Crippen molar-refractivity contribution >= 4 is 29.0 Å². The third-order valence-corrected chi connectivity index (χ3v) is 8.40. The lowest BCUT2D eigenvalue weighted by Gasteiger charge is -2.30. The van der Waals surface area contributed by atoms with Crippen molar-refractivity contribution in [2.24, 2.45) is 0 Å². The number of aliphatic hydroxyl groups is 1. The molecule has 3 heterocycles. The van der Waals surface area contributed by atoms with Crippen LogP contribution in [-0.2, 0) is 14.3 Å². The predicted octanol–water partition coefficient (Wildman–Crippen LogP) is 4.21. The molecule has 2 aliphatic heterocycles. The van der Waals surface area contributed by atoms with Crippen LogP contribution in [0.15, 0.2) is 65.9 Å². The van der Waals surface area contributed by atoms with Crippen LogP contribution in [0, 0.1) is 6.92 Å². The Morgan fingerprint density at radius 3 is 2.45 bits per heavy atom. The van der Waals surface area contributed by atoms with Crippen LogP contribution in [-0.4, -0.2) is 84.1 Å². The largest absolute Gasteiger partial charge is 0.503 e. The van der Waals surface area contributed by atoms with E-state index in [0.717, 1.165) is 25.2 Å². The van der Waals surface area contributed by atoms with Gasteiger partial charge in [0.1, 0.15) is 5.01 Å². The summed E-state index contributed by atoms with van der Waals surface area (Å²) in [6, 6.07) is 15.3. The van der Waals surface area contributed by atoms with Crippen molar-refractivity contribution in [1.82, 2.24) is 14.8 Å². The second kappa shape index (κ2) is 12.1. The minimum atomic E-state index is -0.807. The lowest BCUT2D eigenvalue weighted by atomic mass is 9.94. The fourth-order valence-corrected chi connectivity index (χ4v) is 6.13. The number of Topliss-reactive ketones (excluding diaryl/α,β-unsaturated/α-hetero) is 1. The Kier molecular flexibility index (Phi) is 8.39. The van der Waals surface area contributed by atoms with Gasteiger partial charge in [-0.15, -0.1) is 11.3 Å². The third-order valence-electron chi connectivity index (χ3n) is 7.20. The van der Waals surface area contributed by atoms with E-state index in [4.69, 9.17) is 9.47 Å². The van der Waals surface area contributed by atoms with E-state index < -0.39 is 29.5 Å². The van der Waals surface area contributed by atoms with Gasteiger partial charge in [-0.3, -0.25) is 14.5 Å². The number of hydrogen-bond donors (Lipinski definition) is 1. The van der Waals surface area contributed by atoms with E-state index in [-0.39, 0.29) is 5.57 Å². The smallest absolute Gasteiger partial charge is 0.337 e. The molecule has 2 aliphatic rings. The van der Waals surface area contributed by atoms with E-state index in [1.54, 1.807) is 36.1 Å². The van der Waals surface area contributed by atoms with Gasteiger partial charge in [0.2, 0.25) is 5.78 Å². The number of aryl methyl sites for hydroxylation is 1. The molecule has 0 radical (unpaired) electrons. The van der Waals surface area contributed by atoms with E-state index in [9.17, 15) is 19.5 Å². The van der Waals surface area contributed by atoms with Crippen LogP contribution in [0.3, 0.4) is 0 Å². The van der Waals surface area contributed by atoms with Gasteiger partial charge in [-0.25, -0.2) is 9.78 Å². The summed E-state index contributed by atoms with van der Waals surface area (Å²) in [5.41, 5.74) is 2.40. The molecule has 1 saturated heterocycles. The monoisotopic (exact) mass is 561 g/mol. The third kappa shape index (κ3) is 5.56. The average Bonchev–Trinajstić information content (AvgIpc) is 3.50. The summed E-state index contributed by atoms with van der Waals surface area (Å²) in [5, 5.41) is 11.8. The van der Waals surface area contributed by atoms with Gasteiger partial charge < -0.3 is 19.5 Å². The van der Waals surface area contributed by atoms with Gasteiger partial charge in [0.05, 0.1) is 48.1 Å². The number of amides is 1. The van der Waals surface area contributed by atoms with E-state index in [1.807, 2.05) is 30.3 Å². The van der Waals surface area contributed by atoms with Gasteiger partial charge in [0.15, 0.2) is 5.76 Å². The van der Waals surface area contributed by atoms with E-state index in [1.165, 1.54) is 18.4 Å². The van der Waals surface area contributed by atoms with Gasteiger partial charge in [-0.2, -0.15) is 0 Å². The second-order valence-corrected chi connectivity index (χ2v) is 10.7. The Balaban J connectivity index is 1.47. The quantitative estimate of drug-likeness (QED) is 0.306. The molecule has 3 aromatic rings. The maximum absolute atomic E-state index is 14.0. The van der Waals surface area contributed by atoms with Crippen molar-refractivity contribution in [1.29, 1.82) is 0 Å². The molecule has 1 amide bonds. The fraction of sp³-hybridized carbons (Fsp3) is 0.333. The van der Waals surface area contributed by atoms with Crippen LogP contribution in [0.2, 0.25) is 0 Å². The molecule has 1 atom stereocenters. The number of ether oxygens (including phenoxy) is 2. The van der Waals surface area contributed by atoms with E-state index in [2.05, 4.69) is 9.88 Å². The highest BCUT2D eigenvalue weighted by atomic mass is 32.1. The normalized spacial score (nSPS) is 17.9. The summed E-state index contributed by atoms with van der Waals surface area (Å²) in [5.74, 6) is -2.05. The highest BCUT2D eigenvalue weighted by Gasteiger charge is 2.44. The minimum absolute atomic E-state index is 0.0218. The molecule has 0 spiro atoms. The van der Waals surface area contributed by atoms with Crippen LogP contribution < -0.4 is 0 Å². The Bertz CT molecular complexity index is 1430. The second-order valence-electron chi connectivity index (χ2n) is 9.71. The molecule has 1 aromatic heterocycles. The predicted molar refractivity (Wildman–Crippen MR) is 150 cm³/mol. The lowest BCUT2D eigenvalue weighted by Crippen LogP contribution is -2.39. The Labute approximate surface area is 236 Å². The van der Waals surface area contributed by atoms with Crippen molar-refractivity contribution in [3.8, 4) is 10.6 Å². The van der Waals surface area contributed by atoms with Crippen LogP contribution >= 0.6 is 11.3 Å². The fourth-order valence-electron chi connectivity index (χ4n) is 5.11. The molecule has 1 N–H and O–H groups in total. The molecule has 9 nitrogen and oxygen atoms in total. The summed E-state index contributed by atoms with van der Waals surface area (Å²) in [7, 11) is 1.31. The first kappa shape index (κ1) is 27.7. The number of nitrogens with zero attached hydrogens (tertiary/aromatic N) is 3. The number of methoxy groups -OCH3 is 1. The molecular weight excluding hydrogens is 530 g/mol. The Morgan fingerprint density at radius 1 is 1.07 bits per heavy atom. The number of aromatic nitrogens is 1. The lowest BCUT2D eigenvalue weighted by molar-refractivity contribution is -0.129. The molecule has 40 heavy (non-hydrogen) atoms. The SMILES string of the molecule is COC(=O)c1ccc(C2C(C(=O)c3sc(-c4ccccc4)nc3C)=C(O)C(=O)N2CCCN2CCOCC2)cc1. The average molecular weight is 562 g/mol. The Hall–Kier alpha value is -3.86. The molecule has 1 unspecified atom stereocenters. The topological polar surface area (TPSA) is 109 Å². The number of esters is 1. The number of aliphatic hydroxyl groups excluding tert-OH is 1. The number of carbonyl (C=O) groups is 3. The van der Waals surface area contributed by atoms with Crippen molar-refractivity contribution in [3.63, 3.8) is 0 Å². The van der Waals surface area contributed by atoms with Gasteiger partial charge in [0, 0.05) is 31.7 Å². The number of rotatable bonds is 9. The van der Waals surface area contributed by atoms with Crippen molar-refractivity contribution < 1.29 is 29.0 Å². The Morgan fingerprint density at radius 2 is 1.77 bits per heavy atom. The first-order chi connectivity index (χ1) is 19.4. The highest BCUT2D eigenvalue weighted by molar-refractivity contribution is 7.17. The van der Waals surface area contributed by atoms with Crippen LogP contribution in [0.25, 0.3) is 10.6 Å². The zero-order chi connectivity index (χ0) is 28.2. The first-order valence-corrected chi connectivity index (χ1v) is 14.0. The van der Waals surface area contributed by atoms with Gasteiger partial charge in [-0.05, 0) is 31.0 Å². The van der Waals surface area contributed by atoms with E-state index >= 15 is 0 Å². The summed E-state index contributed by atoms with van der Waals surface area (Å²) >= 11 is 1.24. The van der Waals surface area contributed by atoms with Crippen LogP contribution in [0.5, 0.6) is 0 Å². The van der Waals surface area contributed by atoms with Gasteiger partial charge >= 0.3 is 5.97 Å². The zero-order valence-electron chi connectivity index (χ0n) is 22.5. The zero-order valence-corrected chi connectivity index (χ0v) is 23.3. The van der Waals surface area contributed by atoms with Crippen molar-refractivity contribution in [3.05, 3.63) is 87.6 Å². The van der Waals surface area contributed by atoms with E-state index in [0.29, 0.717) is 52.9 Å².